The van der Waals surface area contributed by atoms with E-state index in [2.05, 4.69) is 0 Å². The van der Waals surface area contributed by atoms with Crippen LogP contribution in [-0.2, 0) is 13.0 Å². The van der Waals surface area contributed by atoms with Crippen LogP contribution in [0.15, 0.2) is 48.5 Å². The lowest BCUT2D eigenvalue weighted by atomic mass is 9.95. The first-order chi connectivity index (χ1) is 10.1. The maximum atomic E-state index is 10.9. The number of nitro benzene ring substituents is 1. The van der Waals surface area contributed by atoms with Gasteiger partial charge in [-0.15, -0.1) is 0 Å². The Hall–Kier alpha value is -2.24. The lowest BCUT2D eigenvalue weighted by Crippen LogP contribution is -2.14. The molecule has 0 spiro atoms. The quantitative estimate of drug-likeness (QED) is 0.631. The molecule has 0 aliphatic rings. The molecule has 110 valence electrons. The molecule has 0 aromatic heterocycles. The van der Waals surface area contributed by atoms with Crippen LogP contribution in [0, 0.1) is 10.1 Å². The van der Waals surface area contributed by atoms with E-state index < -0.39 is 4.92 Å². The second kappa shape index (κ2) is 6.97. The minimum atomic E-state index is -0.450. The number of aryl methyl sites for hydroxylation is 1. The lowest BCUT2D eigenvalue weighted by molar-refractivity contribution is -0.385. The van der Waals surface area contributed by atoms with E-state index in [4.69, 9.17) is 5.73 Å². The lowest BCUT2D eigenvalue weighted by Gasteiger charge is -2.15. The van der Waals surface area contributed by atoms with Gasteiger partial charge in [0.15, 0.2) is 0 Å². The highest BCUT2D eigenvalue weighted by Gasteiger charge is 2.15. The first-order valence-corrected chi connectivity index (χ1v) is 6.79. The second-order valence-corrected chi connectivity index (χ2v) is 4.93. The third kappa shape index (κ3) is 3.87. The number of aliphatic hydroxyl groups is 1. The predicted molar refractivity (Wildman–Crippen MR) is 80.7 cm³/mol. The van der Waals surface area contributed by atoms with Crippen molar-refractivity contribution in [1.29, 1.82) is 0 Å². The van der Waals surface area contributed by atoms with Crippen molar-refractivity contribution in [1.82, 2.24) is 0 Å². The number of nitrogens with two attached hydrogens (primary N) is 1. The number of hydrogen-bond donors (Lipinski definition) is 2. The second-order valence-electron chi connectivity index (χ2n) is 4.93. The van der Waals surface area contributed by atoms with Crippen LogP contribution >= 0.6 is 0 Å². The van der Waals surface area contributed by atoms with Crippen LogP contribution in [0.4, 0.5) is 5.69 Å². The molecule has 2 rings (SSSR count). The van der Waals surface area contributed by atoms with Crippen molar-refractivity contribution in [3.8, 4) is 0 Å². The topological polar surface area (TPSA) is 89.4 Å². The first kappa shape index (κ1) is 15.2. The minimum Gasteiger partial charge on any atom is -0.392 e. The van der Waals surface area contributed by atoms with Crippen molar-refractivity contribution >= 4 is 5.69 Å². The van der Waals surface area contributed by atoms with E-state index in [1.165, 1.54) is 17.7 Å². The van der Waals surface area contributed by atoms with Crippen molar-refractivity contribution < 1.29 is 10.0 Å². The number of hydrogen-bond acceptors (Lipinski definition) is 4. The third-order valence-electron chi connectivity index (χ3n) is 3.50. The van der Waals surface area contributed by atoms with E-state index >= 15 is 0 Å². The van der Waals surface area contributed by atoms with Gasteiger partial charge in [-0.25, -0.2) is 0 Å². The summed E-state index contributed by atoms with van der Waals surface area (Å²) in [6.07, 6.45) is 1.45. The molecule has 5 heteroatoms. The van der Waals surface area contributed by atoms with Crippen LogP contribution in [0.3, 0.4) is 0 Å². The molecule has 1 unspecified atom stereocenters. The van der Waals surface area contributed by atoms with Crippen LogP contribution in [0.2, 0.25) is 0 Å². The Morgan fingerprint density at radius 1 is 1.19 bits per heavy atom. The molecule has 2 aromatic carbocycles. The molecule has 0 saturated carbocycles. The van der Waals surface area contributed by atoms with Gasteiger partial charge in [-0.2, -0.15) is 0 Å². The van der Waals surface area contributed by atoms with Gasteiger partial charge in [0.1, 0.15) is 0 Å². The van der Waals surface area contributed by atoms with E-state index in [-0.39, 0.29) is 18.3 Å². The monoisotopic (exact) mass is 286 g/mol. The average molecular weight is 286 g/mol. The molecule has 2 aromatic rings. The number of nitrogens with zero attached hydrogens (tertiary/aromatic N) is 1. The number of nitro groups is 1. The van der Waals surface area contributed by atoms with E-state index in [0.717, 1.165) is 6.42 Å². The summed E-state index contributed by atoms with van der Waals surface area (Å²) in [4.78, 5) is 10.4. The van der Waals surface area contributed by atoms with Gasteiger partial charge in [0, 0.05) is 18.2 Å². The molecule has 0 amide bonds. The first-order valence-electron chi connectivity index (χ1n) is 6.79. The molecule has 0 heterocycles. The zero-order valence-electron chi connectivity index (χ0n) is 11.6. The molecule has 5 nitrogen and oxygen atoms in total. The SMILES string of the molecule is NC(CCc1ccccc1)c1cc([N+](=O)[O-])ccc1CO. The van der Waals surface area contributed by atoms with Gasteiger partial charge >= 0.3 is 0 Å². The molecule has 0 fully saturated rings. The molecular formula is C16H18N2O3. The summed E-state index contributed by atoms with van der Waals surface area (Å²) in [7, 11) is 0. The molecule has 3 N–H and O–H groups in total. The molecule has 21 heavy (non-hydrogen) atoms. The molecule has 0 bridgehead atoms. The highest BCUT2D eigenvalue weighted by Crippen LogP contribution is 2.25. The maximum Gasteiger partial charge on any atom is 0.269 e. The number of aliphatic hydroxyl groups excluding tert-OH is 1. The van der Waals surface area contributed by atoms with Crippen LogP contribution < -0.4 is 5.73 Å². The van der Waals surface area contributed by atoms with E-state index in [9.17, 15) is 15.2 Å². The largest absolute Gasteiger partial charge is 0.392 e. The summed E-state index contributed by atoms with van der Waals surface area (Å²) in [6, 6.07) is 14.0. The highest BCUT2D eigenvalue weighted by atomic mass is 16.6. The van der Waals surface area contributed by atoms with E-state index in [1.54, 1.807) is 6.07 Å². The standard InChI is InChI=1S/C16H18N2O3/c17-16(9-6-12-4-2-1-3-5-12)15-10-14(18(20)21)8-7-13(15)11-19/h1-5,7-8,10,16,19H,6,9,11,17H2. The van der Waals surface area contributed by atoms with Gasteiger partial charge in [0.25, 0.3) is 5.69 Å². The zero-order chi connectivity index (χ0) is 15.2. The van der Waals surface area contributed by atoms with Crippen LogP contribution in [0.5, 0.6) is 0 Å². The normalized spacial score (nSPS) is 12.1. The highest BCUT2D eigenvalue weighted by molar-refractivity contribution is 5.41. The Morgan fingerprint density at radius 2 is 1.90 bits per heavy atom. The fraction of sp³-hybridized carbons (Fsp3) is 0.250. The van der Waals surface area contributed by atoms with Gasteiger partial charge in [0.05, 0.1) is 11.5 Å². The molecular weight excluding hydrogens is 268 g/mol. The van der Waals surface area contributed by atoms with Crippen molar-refractivity contribution in [3.63, 3.8) is 0 Å². The fourth-order valence-electron chi connectivity index (χ4n) is 2.31. The number of rotatable bonds is 6. The molecule has 0 radical (unpaired) electrons. The Bertz CT molecular complexity index is 614. The smallest absolute Gasteiger partial charge is 0.269 e. The van der Waals surface area contributed by atoms with Crippen molar-refractivity contribution in [2.45, 2.75) is 25.5 Å². The summed E-state index contributed by atoms with van der Waals surface area (Å²) >= 11 is 0. The van der Waals surface area contributed by atoms with E-state index in [0.29, 0.717) is 17.5 Å². The summed E-state index contributed by atoms with van der Waals surface area (Å²) < 4.78 is 0. The Morgan fingerprint density at radius 3 is 2.52 bits per heavy atom. The van der Waals surface area contributed by atoms with Crippen molar-refractivity contribution in [3.05, 3.63) is 75.3 Å². The van der Waals surface area contributed by atoms with Gasteiger partial charge in [-0.1, -0.05) is 30.3 Å². The van der Waals surface area contributed by atoms with Crippen molar-refractivity contribution in [2.24, 2.45) is 5.73 Å². The third-order valence-corrected chi connectivity index (χ3v) is 3.50. The van der Waals surface area contributed by atoms with Gasteiger partial charge < -0.3 is 10.8 Å². The summed E-state index contributed by atoms with van der Waals surface area (Å²) in [6.45, 7) is -0.174. The summed E-state index contributed by atoms with van der Waals surface area (Å²) in [5, 5.41) is 20.2. The van der Waals surface area contributed by atoms with Crippen LogP contribution in [0.25, 0.3) is 0 Å². The number of benzene rings is 2. The van der Waals surface area contributed by atoms with Crippen molar-refractivity contribution in [2.75, 3.05) is 0 Å². The molecule has 0 saturated heterocycles. The zero-order valence-corrected chi connectivity index (χ0v) is 11.6. The summed E-state index contributed by atoms with van der Waals surface area (Å²) in [5.74, 6) is 0. The fourth-order valence-corrected chi connectivity index (χ4v) is 2.31. The van der Waals surface area contributed by atoms with Gasteiger partial charge in [-0.3, -0.25) is 10.1 Å². The Kier molecular flexibility index (Phi) is 5.03. The summed E-state index contributed by atoms with van der Waals surface area (Å²) in [5.41, 5.74) is 8.60. The minimum absolute atomic E-state index is 0.00244. The average Bonchev–Trinajstić information content (AvgIpc) is 2.52. The Labute approximate surface area is 123 Å². The number of non-ortho nitro benzene ring substituents is 1. The molecule has 0 aliphatic heterocycles. The molecule has 0 aliphatic carbocycles. The Balaban J connectivity index is 2.15. The predicted octanol–water partition coefficient (Wildman–Crippen LogP) is 2.72. The molecule has 1 atom stereocenters. The van der Waals surface area contributed by atoms with Crippen LogP contribution in [0.1, 0.15) is 29.2 Å². The van der Waals surface area contributed by atoms with Gasteiger partial charge in [-0.05, 0) is 35.6 Å². The maximum absolute atomic E-state index is 10.9. The van der Waals surface area contributed by atoms with Gasteiger partial charge in [0.2, 0.25) is 0 Å². The van der Waals surface area contributed by atoms with E-state index in [1.807, 2.05) is 30.3 Å². The van der Waals surface area contributed by atoms with Crippen LogP contribution in [-0.4, -0.2) is 10.0 Å².